The van der Waals surface area contributed by atoms with E-state index in [1.807, 2.05) is 37.8 Å². The lowest BCUT2D eigenvalue weighted by atomic mass is 9.94. The molecule has 0 aromatic heterocycles. The van der Waals surface area contributed by atoms with Gasteiger partial charge in [-0.3, -0.25) is 14.6 Å². The van der Waals surface area contributed by atoms with Gasteiger partial charge in [-0.15, -0.1) is 0 Å². The number of nitrogens with zero attached hydrogens (tertiary/aromatic N) is 3. The van der Waals surface area contributed by atoms with Gasteiger partial charge < -0.3 is 15.0 Å². The second-order valence-electron chi connectivity index (χ2n) is 8.87. The predicted molar refractivity (Wildman–Crippen MR) is 131 cm³/mol. The molecule has 1 saturated heterocycles. The van der Waals surface area contributed by atoms with Crippen LogP contribution in [0.4, 0.5) is 4.79 Å². The average molecular weight is 491 g/mol. The molecule has 0 bridgehead atoms. The number of halogens is 1. The topological polar surface area (TPSA) is 82.2 Å². The third-order valence-electron chi connectivity index (χ3n) is 6.22. The number of amides is 3. The Kier molecular flexibility index (Phi) is 8.97. The van der Waals surface area contributed by atoms with E-state index in [4.69, 9.17) is 16.3 Å². The van der Waals surface area contributed by atoms with Crippen LogP contribution < -0.4 is 5.32 Å². The van der Waals surface area contributed by atoms with Gasteiger partial charge in [-0.25, -0.2) is 9.59 Å². The molecule has 0 spiro atoms. The molecule has 2 aliphatic rings. The molecule has 0 saturated carbocycles. The van der Waals surface area contributed by atoms with Gasteiger partial charge in [0.1, 0.15) is 0 Å². The van der Waals surface area contributed by atoms with Crippen molar-refractivity contribution >= 4 is 29.5 Å². The molecular formula is C25H35ClN4O4. The molecule has 0 aliphatic carbocycles. The number of hydrogen-bond donors (Lipinski definition) is 1. The lowest BCUT2D eigenvalue weighted by molar-refractivity contribution is -0.139. The number of hydrogen-bond acceptors (Lipinski definition) is 5. The lowest BCUT2D eigenvalue weighted by Gasteiger charge is -2.38. The fraction of sp³-hybridized carbons (Fsp3) is 0.560. The van der Waals surface area contributed by atoms with Crippen LogP contribution in [-0.4, -0.2) is 78.5 Å². The van der Waals surface area contributed by atoms with Crippen LogP contribution in [0.5, 0.6) is 0 Å². The standard InChI is InChI=1S/C25H35ClN4O4/c1-5-30-20(16-28-12-7-13-29(15-14-28)23(31)17(3)4)21(24(32)34-6-2)22(27-25(30)33)18-8-10-19(26)11-9-18/h8-11,17,22H,5-7,12-16H2,1-4H3,(H,27,33). The second kappa shape index (κ2) is 11.7. The molecule has 8 nitrogen and oxygen atoms in total. The van der Waals surface area contributed by atoms with Gasteiger partial charge in [0.2, 0.25) is 5.91 Å². The van der Waals surface area contributed by atoms with Crippen LogP contribution in [-0.2, 0) is 14.3 Å². The van der Waals surface area contributed by atoms with Crippen molar-refractivity contribution in [3.63, 3.8) is 0 Å². The van der Waals surface area contributed by atoms with Gasteiger partial charge in [0, 0.05) is 55.9 Å². The summed E-state index contributed by atoms with van der Waals surface area (Å²) >= 11 is 6.07. The van der Waals surface area contributed by atoms with Crippen molar-refractivity contribution in [3.05, 3.63) is 46.1 Å². The number of urea groups is 1. The quantitative estimate of drug-likeness (QED) is 0.592. The Morgan fingerprint density at radius 1 is 1.12 bits per heavy atom. The monoisotopic (exact) mass is 490 g/mol. The van der Waals surface area contributed by atoms with E-state index >= 15 is 0 Å². The zero-order chi connectivity index (χ0) is 24.8. The summed E-state index contributed by atoms with van der Waals surface area (Å²) in [5.74, 6) is -0.326. The second-order valence-corrected chi connectivity index (χ2v) is 9.31. The van der Waals surface area contributed by atoms with Crippen molar-refractivity contribution < 1.29 is 19.1 Å². The first-order valence-electron chi connectivity index (χ1n) is 12.0. The van der Waals surface area contributed by atoms with Crippen molar-refractivity contribution in [2.24, 2.45) is 5.92 Å². The number of carbonyl (C=O) groups is 3. The number of carbonyl (C=O) groups excluding carboxylic acids is 3. The van der Waals surface area contributed by atoms with E-state index in [0.717, 1.165) is 18.5 Å². The van der Waals surface area contributed by atoms with Crippen molar-refractivity contribution in [1.29, 1.82) is 0 Å². The summed E-state index contributed by atoms with van der Waals surface area (Å²) < 4.78 is 5.43. The molecule has 9 heteroatoms. The minimum Gasteiger partial charge on any atom is -0.463 e. The molecule has 1 N–H and O–H groups in total. The number of ether oxygens (including phenoxy) is 1. The summed E-state index contributed by atoms with van der Waals surface area (Å²) in [6.45, 7) is 11.3. The summed E-state index contributed by atoms with van der Waals surface area (Å²) in [7, 11) is 0. The van der Waals surface area contributed by atoms with Gasteiger partial charge in [-0.05, 0) is 38.0 Å². The number of esters is 1. The Labute approximate surface area is 206 Å². The molecule has 1 fully saturated rings. The molecule has 2 aliphatic heterocycles. The number of nitrogens with one attached hydrogen (secondary N) is 1. The van der Waals surface area contributed by atoms with Gasteiger partial charge in [0.15, 0.2) is 0 Å². The highest BCUT2D eigenvalue weighted by molar-refractivity contribution is 6.30. The first-order chi connectivity index (χ1) is 16.3. The smallest absolute Gasteiger partial charge is 0.338 e. The third kappa shape index (κ3) is 5.91. The SMILES string of the molecule is CCOC(=O)C1=C(CN2CCCN(C(=O)C(C)C)CC2)N(CC)C(=O)NC1c1ccc(Cl)cc1. The third-order valence-corrected chi connectivity index (χ3v) is 6.47. The average Bonchev–Trinajstić information content (AvgIpc) is 3.04. The van der Waals surface area contributed by atoms with E-state index in [9.17, 15) is 14.4 Å². The van der Waals surface area contributed by atoms with Crippen LogP contribution in [0.15, 0.2) is 35.5 Å². The van der Waals surface area contributed by atoms with Gasteiger partial charge in [0.25, 0.3) is 0 Å². The van der Waals surface area contributed by atoms with Crippen LogP contribution >= 0.6 is 11.6 Å². The Morgan fingerprint density at radius 2 is 1.82 bits per heavy atom. The zero-order valence-electron chi connectivity index (χ0n) is 20.5. The van der Waals surface area contributed by atoms with E-state index in [1.165, 1.54) is 0 Å². The van der Waals surface area contributed by atoms with Crippen molar-refractivity contribution in [2.75, 3.05) is 45.9 Å². The van der Waals surface area contributed by atoms with Crippen molar-refractivity contribution in [1.82, 2.24) is 20.0 Å². The minimum atomic E-state index is -0.632. The van der Waals surface area contributed by atoms with E-state index in [1.54, 1.807) is 24.0 Å². The van der Waals surface area contributed by atoms with Crippen molar-refractivity contribution in [3.8, 4) is 0 Å². The molecule has 3 amide bonds. The largest absolute Gasteiger partial charge is 0.463 e. The highest BCUT2D eigenvalue weighted by Crippen LogP contribution is 2.32. The van der Waals surface area contributed by atoms with Crippen LogP contribution in [0.2, 0.25) is 5.02 Å². The van der Waals surface area contributed by atoms with E-state index in [0.29, 0.717) is 49.0 Å². The molecule has 1 aromatic rings. The van der Waals surface area contributed by atoms with E-state index in [2.05, 4.69) is 10.2 Å². The molecule has 3 rings (SSSR count). The maximum Gasteiger partial charge on any atom is 0.338 e. The van der Waals surface area contributed by atoms with Crippen molar-refractivity contribution in [2.45, 2.75) is 40.2 Å². The van der Waals surface area contributed by atoms with Crippen LogP contribution in [0.3, 0.4) is 0 Å². The summed E-state index contributed by atoms with van der Waals surface area (Å²) in [5, 5.41) is 3.55. The van der Waals surface area contributed by atoms with E-state index < -0.39 is 12.0 Å². The summed E-state index contributed by atoms with van der Waals surface area (Å²) in [6.07, 6.45) is 0.833. The molecule has 34 heavy (non-hydrogen) atoms. The lowest BCUT2D eigenvalue weighted by Crippen LogP contribution is -2.51. The van der Waals surface area contributed by atoms with Crippen LogP contribution in [0, 0.1) is 5.92 Å². The number of benzene rings is 1. The maximum atomic E-state index is 13.2. The molecule has 1 aromatic carbocycles. The van der Waals surface area contributed by atoms with Gasteiger partial charge in [0.05, 0.1) is 18.2 Å². The summed E-state index contributed by atoms with van der Waals surface area (Å²) in [5.41, 5.74) is 1.84. The Hall–Kier alpha value is -2.58. The zero-order valence-corrected chi connectivity index (χ0v) is 21.2. The molecule has 2 heterocycles. The minimum absolute atomic E-state index is 0.0394. The fourth-order valence-electron chi connectivity index (χ4n) is 4.49. The number of likely N-dealkylation sites (N-methyl/N-ethyl adjacent to an activating group) is 1. The first kappa shape index (κ1) is 26.0. The van der Waals surface area contributed by atoms with Gasteiger partial charge in [-0.2, -0.15) is 0 Å². The summed E-state index contributed by atoms with van der Waals surface area (Å²) in [4.78, 5) is 44.5. The Morgan fingerprint density at radius 3 is 2.44 bits per heavy atom. The Bertz CT molecular complexity index is 931. The first-order valence-corrected chi connectivity index (χ1v) is 12.4. The molecule has 0 radical (unpaired) electrons. The molecule has 1 unspecified atom stereocenters. The highest BCUT2D eigenvalue weighted by Gasteiger charge is 2.38. The Balaban J connectivity index is 1.96. The highest BCUT2D eigenvalue weighted by atomic mass is 35.5. The van der Waals surface area contributed by atoms with E-state index in [-0.39, 0.29) is 24.5 Å². The van der Waals surface area contributed by atoms with Gasteiger partial charge in [-0.1, -0.05) is 37.6 Å². The summed E-state index contributed by atoms with van der Waals surface area (Å²) in [6, 6.07) is 6.23. The van der Waals surface area contributed by atoms with Crippen LogP contribution in [0.25, 0.3) is 0 Å². The normalized spacial score (nSPS) is 19.8. The molecular weight excluding hydrogens is 456 g/mol. The predicted octanol–water partition coefficient (Wildman–Crippen LogP) is 3.43. The molecule has 1 atom stereocenters. The maximum absolute atomic E-state index is 13.2. The fourth-order valence-corrected chi connectivity index (χ4v) is 4.62. The van der Waals surface area contributed by atoms with Crippen LogP contribution in [0.1, 0.15) is 45.7 Å². The number of rotatable bonds is 7. The molecule has 186 valence electrons. The van der Waals surface area contributed by atoms with Gasteiger partial charge >= 0.3 is 12.0 Å².